The smallest absolute Gasteiger partial charge is 0.248 e. The molecular formula is C19H20N4O2. The van der Waals surface area contributed by atoms with Crippen molar-refractivity contribution in [1.29, 1.82) is 5.41 Å². The summed E-state index contributed by atoms with van der Waals surface area (Å²) >= 11 is 0. The number of hydrogen-bond acceptors (Lipinski definition) is 5. The third-order valence-corrected chi connectivity index (χ3v) is 3.44. The summed E-state index contributed by atoms with van der Waals surface area (Å²) in [6, 6.07) is 9.17. The molecule has 1 aromatic heterocycles. The van der Waals surface area contributed by atoms with Crippen LogP contribution in [-0.4, -0.2) is 24.2 Å². The van der Waals surface area contributed by atoms with E-state index < -0.39 is 0 Å². The number of nitrogens with two attached hydrogens (primary N) is 1. The van der Waals surface area contributed by atoms with E-state index in [-0.39, 0.29) is 5.91 Å². The van der Waals surface area contributed by atoms with Crippen LogP contribution in [0.3, 0.4) is 0 Å². The molecule has 0 saturated carbocycles. The summed E-state index contributed by atoms with van der Waals surface area (Å²) in [5.74, 6) is -0.262. The molecule has 25 heavy (non-hydrogen) atoms. The molecule has 0 aliphatic rings. The topological polar surface area (TPSA) is 101 Å². The molecule has 6 nitrogen and oxygen atoms in total. The maximum Gasteiger partial charge on any atom is 0.248 e. The molecule has 0 aliphatic heterocycles. The highest BCUT2D eigenvalue weighted by atomic mass is 16.5. The van der Waals surface area contributed by atoms with Crippen molar-refractivity contribution in [3.63, 3.8) is 0 Å². The maximum atomic E-state index is 12.1. The molecule has 1 amide bonds. The van der Waals surface area contributed by atoms with Crippen LogP contribution in [0.2, 0.25) is 0 Å². The van der Waals surface area contributed by atoms with Crippen LogP contribution in [0.25, 0.3) is 11.6 Å². The number of carbonyl (C=O) groups excluding carboxylic acids is 1. The minimum Gasteiger partial charge on any atom is -0.404 e. The van der Waals surface area contributed by atoms with Crippen LogP contribution in [0.15, 0.2) is 55.0 Å². The molecule has 0 bridgehead atoms. The van der Waals surface area contributed by atoms with Crippen molar-refractivity contribution < 1.29 is 9.53 Å². The zero-order valence-corrected chi connectivity index (χ0v) is 13.9. The average molecular weight is 336 g/mol. The van der Waals surface area contributed by atoms with Crippen molar-refractivity contribution in [3.05, 3.63) is 71.7 Å². The van der Waals surface area contributed by atoms with Crippen LogP contribution in [0.5, 0.6) is 0 Å². The van der Waals surface area contributed by atoms with Crippen LogP contribution in [0, 0.1) is 5.41 Å². The van der Waals surface area contributed by atoms with Gasteiger partial charge in [0, 0.05) is 54.8 Å². The number of nitrogens with one attached hydrogen (secondary N) is 2. The van der Waals surface area contributed by atoms with E-state index in [1.54, 1.807) is 31.6 Å². The molecule has 0 atom stereocenters. The predicted molar refractivity (Wildman–Crippen MR) is 100 cm³/mol. The molecule has 128 valence electrons. The van der Waals surface area contributed by atoms with Gasteiger partial charge in [-0.2, -0.15) is 0 Å². The third-order valence-electron chi connectivity index (χ3n) is 3.44. The third kappa shape index (κ3) is 5.12. The Morgan fingerprint density at radius 2 is 2.08 bits per heavy atom. The zero-order chi connectivity index (χ0) is 18.1. The van der Waals surface area contributed by atoms with E-state index in [9.17, 15) is 4.79 Å². The first-order valence-corrected chi connectivity index (χ1v) is 7.61. The van der Waals surface area contributed by atoms with E-state index in [0.717, 1.165) is 17.3 Å². The fourth-order valence-electron chi connectivity index (χ4n) is 2.22. The Bertz CT molecular complexity index is 795. The summed E-state index contributed by atoms with van der Waals surface area (Å²) in [5, 5.41) is 10.2. The van der Waals surface area contributed by atoms with Crippen LogP contribution < -0.4 is 11.1 Å². The molecule has 2 rings (SSSR count). The van der Waals surface area contributed by atoms with Crippen molar-refractivity contribution in [1.82, 2.24) is 4.98 Å². The fourth-order valence-corrected chi connectivity index (χ4v) is 2.22. The Labute approximate surface area is 146 Å². The SMILES string of the molecule is COCc1ccc(NC(=O)/C=C/c2cnccc2/C(C=N)=C/N)cc1. The minimum atomic E-state index is -0.262. The maximum absolute atomic E-state index is 12.1. The number of rotatable bonds is 7. The largest absolute Gasteiger partial charge is 0.404 e. The van der Waals surface area contributed by atoms with Gasteiger partial charge in [0.25, 0.3) is 0 Å². The van der Waals surface area contributed by atoms with Gasteiger partial charge in [0.15, 0.2) is 0 Å². The van der Waals surface area contributed by atoms with Crippen LogP contribution in [-0.2, 0) is 16.1 Å². The molecular weight excluding hydrogens is 316 g/mol. The van der Waals surface area contributed by atoms with Gasteiger partial charge >= 0.3 is 0 Å². The molecule has 1 aromatic carbocycles. The van der Waals surface area contributed by atoms with Gasteiger partial charge in [0.05, 0.1) is 6.61 Å². The van der Waals surface area contributed by atoms with Gasteiger partial charge in [-0.3, -0.25) is 9.78 Å². The van der Waals surface area contributed by atoms with E-state index in [4.69, 9.17) is 15.9 Å². The number of nitrogens with zero attached hydrogens (tertiary/aromatic N) is 1. The Balaban J connectivity index is 2.09. The standard InChI is InChI=1S/C19H20N4O2/c1-25-13-14-2-5-17(6-3-14)23-19(24)7-4-15-12-22-9-8-18(15)16(10-20)11-21/h2-12,20H,13,21H2,1H3,(H,23,24)/b7-4+,16-11+,20-10?. The average Bonchev–Trinajstić information content (AvgIpc) is 2.64. The van der Waals surface area contributed by atoms with Crippen LogP contribution >= 0.6 is 0 Å². The molecule has 6 heteroatoms. The molecule has 0 saturated heterocycles. The number of anilines is 1. The highest BCUT2D eigenvalue weighted by molar-refractivity contribution is 6.10. The van der Waals surface area contributed by atoms with E-state index >= 15 is 0 Å². The number of pyridine rings is 1. The number of carbonyl (C=O) groups is 1. The quantitative estimate of drug-likeness (QED) is 0.534. The van der Waals surface area contributed by atoms with E-state index in [1.807, 2.05) is 24.3 Å². The minimum absolute atomic E-state index is 0.262. The summed E-state index contributed by atoms with van der Waals surface area (Å²) in [4.78, 5) is 16.1. The Kier molecular flexibility index (Phi) is 6.62. The first-order chi connectivity index (χ1) is 12.2. The van der Waals surface area contributed by atoms with Crippen LogP contribution in [0.4, 0.5) is 5.69 Å². The summed E-state index contributed by atoms with van der Waals surface area (Å²) in [7, 11) is 1.64. The van der Waals surface area contributed by atoms with Gasteiger partial charge in [0.2, 0.25) is 5.91 Å². The first-order valence-electron chi connectivity index (χ1n) is 7.61. The number of hydrogen-bond donors (Lipinski definition) is 3. The second kappa shape index (κ2) is 9.14. The van der Waals surface area contributed by atoms with Crippen LogP contribution in [0.1, 0.15) is 16.7 Å². The van der Waals surface area contributed by atoms with Gasteiger partial charge in [0.1, 0.15) is 0 Å². The van der Waals surface area contributed by atoms with Crippen molar-refractivity contribution in [2.24, 2.45) is 5.73 Å². The van der Waals surface area contributed by atoms with Gasteiger partial charge in [-0.1, -0.05) is 12.1 Å². The number of benzene rings is 1. The summed E-state index contributed by atoms with van der Waals surface area (Å²) < 4.78 is 5.05. The molecule has 0 fully saturated rings. The van der Waals surface area contributed by atoms with Crippen molar-refractivity contribution >= 4 is 29.5 Å². The van der Waals surface area contributed by atoms with E-state index in [2.05, 4.69) is 10.3 Å². The van der Waals surface area contributed by atoms with Gasteiger partial charge in [-0.25, -0.2) is 0 Å². The molecule has 4 N–H and O–H groups in total. The second-order valence-corrected chi connectivity index (χ2v) is 5.18. The lowest BCUT2D eigenvalue weighted by atomic mass is 10.0. The fraction of sp³-hybridized carbons (Fsp3) is 0.105. The summed E-state index contributed by atoms with van der Waals surface area (Å²) in [6.45, 7) is 0.530. The summed E-state index contributed by atoms with van der Waals surface area (Å²) in [6.07, 6.45) is 8.80. The molecule has 0 aliphatic carbocycles. The van der Waals surface area contributed by atoms with Crippen molar-refractivity contribution in [3.8, 4) is 0 Å². The zero-order valence-electron chi connectivity index (χ0n) is 13.9. The monoisotopic (exact) mass is 336 g/mol. The number of allylic oxidation sites excluding steroid dienone is 1. The molecule has 0 unspecified atom stereocenters. The molecule has 2 aromatic rings. The first kappa shape index (κ1) is 18.1. The van der Waals surface area contributed by atoms with Gasteiger partial charge < -0.3 is 21.2 Å². The molecule has 0 radical (unpaired) electrons. The molecule has 1 heterocycles. The second-order valence-electron chi connectivity index (χ2n) is 5.18. The Morgan fingerprint density at radius 1 is 1.32 bits per heavy atom. The lowest BCUT2D eigenvalue weighted by molar-refractivity contribution is -0.111. The highest BCUT2D eigenvalue weighted by Gasteiger charge is 2.04. The normalized spacial score (nSPS) is 11.5. The van der Waals surface area contributed by atoms with Crippen molar-refractivity contribution in [2.75, 3.05) is 12.4 Å². The number of ether oxygens (including phenoxy) is 1. The lowest BCUT2D eigenvalue weighted by Crippen LogP contribution is -2.07. The number of amides is 1. The van der Waals surface area contributed by atoms with Gasteiger partial charge in [-0.15, -0.1) is 0 Å². The molecule has 0 spiro atoms. The predicted octanol–water partition coefficient (Wildman–Crippen LogP) is 2.83. The summed E-state index contributed by atoms with van der Waals surface area (Å²) in [5.41, 5.74) is 9.25. The van der Waals surface area contributed by atoms with Gasteiger partial charge in [-0.05, 0) is 35.4 Å². The Hall–Kier alpha value is -3.25. The number of methoxy groups -OCH3 is 1. The number of aromatic nitrogens is 1. The van der Waals surface area contributed by atoms with Crippen molar-refractivity contribution in [2.45, 2.75) is 6.61 Å². The van der Waals surface area contributed by atoms with E-state index in [0.29, 0.717) is 23.4 Å². The Morgan fingerprint density at radius 3 is 2.72 bits per heavy atom. The highest BCUT2D eigenvalue weighted by Crippen LogP contribution is 2.17. The van der Waals surface area contributed by atoms with E-state index in [1.165, 1.54) is 12.3 Å². The lowest BCUT2D eigenvalue weighted by Gasteiger charge is -2.06.